The molecular weight excluding hydrogens is 185 g/mol. The van der Waals surface area contributed by atoms with E-state index in [1.807, 2.05) is 24.5 Å². The van der Waals surface area contributed by atoms with E-state index < -0.39 is 0 Å². The van der Waals surface area contributed by atoms with Crippen LogP contribution < -0.4 is 0 Å². The Bertz CT molecular complexity index is 384. The average Bonchev–Trinajstić information content (AvgIpc) is 2.57. The molecule has 66 valence electrons. The van der Waals surface area contributed by atoms with Gasteiger partial charge in [0.1, 0.15) is 5.82 Å². The van der Waals surface area contributed by atoms with Crippen molar-refractivity contribution in [2.75, 3.05) is 0 Å². The summed E-state index contributed by atoms with van der Waals surface area (Å²) in [6.07, 6.45) is 3.73. The largest absolute Gasteiger partial charge is 0.367 e. The highest BCUT2D eigenvalue weighted by molar-refractivity contribution is 7.99. The molecule has 1 N–H and O–H groups in total. The van der Waals surface area contributed by atoms with Crippen LogP contribution in [0.25, 0.3) is 0 Å². The Morgan fingerprint density at radius 1 is 1.15 bits per heavy atom. The highest BCUT2D eigenvalue weighted by Crippen LogP contribution is 2.27. The molecule has 0 aliphatic rings. The number of H-pyrrole nitrogens is 1. The van der Waals surface area contributed by atoms with Gasteiger partial charge in [0.25, 0.3) is 0 Å². The predicted molar refractivity (Wildman–Crippen MR) is 51.3 cm³/mol. The molecule has 13 heavy (non-hydrogen) atoms. The highest BCUT2D eigenvalue weighted by atomic mass is 32.2. The number of hydrogen-bond donors (Lipinski definition) is 1. The zero-order valence-electron chi connectivity index (χ0n) is 6.83. The fourth-order valence-corrected chi connectivity index (χ4v) is 1.89. The van der Waals surface area contributed by atoms with Crippen molar-refractivity contribution in [2.45, 2.75) is 9.79 Å². The molecule has 0 radical (unpaired) electrons. The van der Waals surface area contributed by atoms with Crippen molar-refractivity contribution in [1.29, 1.82) is 0 Å². The van der Waals surface area contributed by atoms with Gasteiger partial charge in [0, 0.05) is 22.2 Å². The van der Waals surface area contributed by atoms with Crippen LogP contribution in [0.4, 0.5) is 4.39 Å². The summed E-state index contributed by atoms with van der Waals surface area (Å²) < 4.78 is 12.8. The van der Waals surface area contributed by atoms with Gasteiger partial charge in [-0.1, -0.05) is 17.8 Å². The van der Waals surface area contributed by atoms with Crippen LogP contribution in [0.1, 0.15) is 0 Å². The first-order chi connectivity index (χ1) is 6.34. The second-order valence-electron chi connectivity index (χ2n) is 2.61. The zero-order valence-corrected chi connectivity index (χ0v) is 7.64. The first-order valence-electron chi connectivity index (χ1n) is 3.91. The van der Waals surface area contributed by atoms with Crippen LogP contribution in [-0.4, -0.2) is 4.98 Å². The summed E-state index contributed by atoms with van der Waals surface area (Å²) in [5, 5.41) is 0. The first kappa shape index (κ1) is 8.38. The molecule has 0 aliphatic carbocycles. The second-order valence-corrected chi connectivity index (χ2v) is 3.75. The van der Waals surface area contributed by atoms with Gasteiger partial charge in [0.05, 0.1) is 0 Å². The van der Waals surface area contributed by atoms with E-state index in [9.17, 15) is 4.39 Å². The van der Waals surface area contributed by atoms with Crippen LogP contribution in [0, 0.1) is 5.82 Å². The van der Waals surface area contributed by atoms with Crippen LogP contribution in [0.3, 0.4) is 0 Å². The normalized spacial score (nSPS) is 10.2. The van der Waals surface area contributed by atoms with E-state index in [0.717, 1.165) is 9.79 Å². The van der Waals surface area contributed by atoms with Crippen LogP contribution in [0.2, 0.25) is 0 Å². The lowest BCUT2D eigenvalue weighted by Crippen LogP contribution is -1.74. The number of aromatic nitrogens is 1. The molecule has 0 bridgehead atoms. The van der Waals surface area contributed by atoms with Crippen LogP contribution in [-0.2, 0) is 0 Å². The van der Waals surface area contributed by atoms with E-state index in [4.69, 9.17) is 0 Å². The van der Waals surface area contributed by atoms with Gasteiger partial charge in [-0.05, 0) is 24.3 Å². The fourth-order valence-electron chi connectivity index (χ4n) is 1.04. The summed E-state index contributed by atoms with van der Waals surface area (Å²) in [5.74, 6) is -0.194. The number of hydrogen-bond acceptors (Lipinski definition) is 1. The molecule has 0 saturated heterocycles. The third-order valence-corrected chi connectivity index (χ3v) is 2.58. The molecule has 0 aliphatic heterocycles. The summed E-state index contributed by atoms with van der Waals surface area (Å²) in [6, 6.07) is 8.53. The molecule has 1 aromatic carbocycles. The van der Waals surface area contributed by atoms with Gasteiger partial charge < -0.3 is 4.98 Å². The van der Waals surface area contributed by atoms with E-state index in [0.29, 0.717) is 0 Å². The number of nitrogens with one attached hydrogen (secondary N) is 1. The first-order valence-corrected chi connectivity index (χ1v) is 4.72. The van der Waals surface area contributed by atoms with E-state index in [1.165, 1.54) is 23.9 Å². The molecule has 0 atom stereocenters. The molecular formula is C10H8FNS. The number of aromatic amines is 1. The summed E-state index contributed by atoms with van der Waals surface area (Å²) in [5.41, 5.74) is 0. The number of halogens is 1. The maximum Gasteiger partial charge on any atom is 0.124 e. The average molecular weight is 193 g/mol. The van der Waals surface area contributed by atoms with Crippen LogP contribution in [0.15, 0.2) is 52.5 Å². The molecule has 1 aromatic heterocycles. The van der Waals surface area contributed by atoms with Crippen molar-refractivity contribution in [1.82, 2.24) is 4.98 Å². The zero-order chi connectivity index (χ0) is 9.10. The smallest absolute Gasteiger partial charge is 0.124 e. The Morgan fingerprint density at radius 3 is 2.77 bits per heavy atom. The second kappa shape index (κ2) is 3.66. The minimum Gasteiger partial charge on any atom is -0.367 e. The van der Waals surface area contributed by atoms with Gasteiger partial charge in [-0.3, -0.25) is 0 Å². The molecule has 0 saturated carbocycles. The molecule has 2 rings (SSSR count). The molecule has 0 amide bonds. The van der Waals surface area contributed by atoms with Crippen molar-refractivity contribution in [3.63, 3.8) is 0 Å². The van der Waals surface area contributed by atoms with Crippen molar-refractivity contribution in [3.8, 4) is 0 Å². The summed E-state index contributed by atoms with van der Waals surface area (Å²) in [6.45, 7) is 0. The third kappa shape index (κ3) is 2.12. The van der Waals surface area contributed by atoms with E-state index in [2.05, 4.69) is 4.98 Å². The minimum absolute atomic E-state index is 0.194. The lowest BCUT2D eigenvalue weighted by Gasteiger charge is -1.97. The summed E-state index contributed by atoms with van der Waals surface area (Å²) >= 11 is 1.54. The molecule has 0 fully saturated rings. The van der Waals surface area contributed by atoms with Gasteiger partial charge in [0.2, 0.25) is 0 Å². The lowest BCUT2D eigenvalue weighted by atomic mass is 10.4. The lowest BCUT2D eigenvalue weighted by molar-refractivity contribution is 0.624. The van der Waals surface area contributed by atoms with Gasteiger partial charge in [-0.15, -0.1) is 0 Å². The SMILES string of the molecule is Fc1cccc(Sc2cc[nH]c2)c1. The fraction of sp³-hybridized carbons (Fsp3) is 0. The van der Waals surface area contributed by atoms with Crippen LogP contribution in [0.5, 0.6) is 0 Å². The molecule has 2 aromatic rings. The van der Waals surface area contributed by atoms with Gasteiger partial charge in [-0.2, -0.15) is 0 Å². The maximum atomic E-state index is 12.8. The molecule has 1 heterocycles. The highest BCUT2D eigenvalue weighted by Gasteiger charge is 1.97. The third-order valence-electron chi connectivity index (χ3n) is 1.60. The Morgan fingerprint density at radius 2 is 2.08 bits per heavy atom. The van der Waals surface area contributed by atoms with Gasteiger partial charge in [-0.25, -0.2) is 4.39 Å². The van der Waals surface area contributed by atoms with E-state index >= 15 is 0 Å². The van der Waals surface area contributed by atoms with E-state index in [1.54, 1.807) is 6.07 Å². The van der Waals surface area contributed by atoms with Gasteiger partial charge in [0.15, 0.2) is 0 Å². The maximum absolute atomic E-state index is 12.8. The Kier molecular flexibility index (Phi) is 2.36. The topological polar surface area (TPSA) is 15.8 Å². The van der Waals surface area contributed by atoms with E-state index in [-0.39, 0.29) is 5.82 Å². The number of benzene rings is 1. The standard InChI is InChI=1S/C10H8FNS/c11-8-2-1-3-9(6-8)13-10-4-5-12-7-10/h1-7,12H. The van der Waals surface area contributed by atoms with Crippen molar-refractivity contribution < 1.29 is 4.39 Å². The quantitative estimate of drug-likeness (QED) is 0.773. The molecule has 1 nitrogen and oxygen atoms in total. The Labute approximate surface area is 80.0 Å². The Balaban J connectivity index is 2.19. The summed E-state index contributed by atoms with van der Waals surface area (Å²) in [4.78, 5) is 4.95. The Hall–Kier alpha value is -1.22. The van der Waals surface area contributed by atoms with Crippen molar-refractivity contribution >= 4 is 11.8 Å². The molecule has 0 unspecified atom stereocenters. The molecule has 3 heteroatoms. The molecule has 0 spiro atoms. The van der Waals surface area contributed by atoms with Crippen LogP contribution >= 0.6 is 11.8 Å². The minimum atomic E-state index is -0.194. The summed E-state index contributed by atoms with van der Waals surface area (Å²) in [7, 11) is 0. The number of rotatable bonds is 2. The predicted octanol–water partition coefficient (Wildman–Crippen LogP) is 3.31. The van der Waals surface area contributed by atoms with Gasteiger partial charge >= 0.3 is 0 Å². The monoisotopic (exact) mass is 193 g/mol. The van der Waals surface area contributed by atoms with Crippen molar-refractivity contribution in [3.05, 3.63) is 48.5 Å². The van der Waals surface area contributed by atoms with Crippen molar-refractivity contribution in [2.24, 2.45) is 0 Å².